The first-order chi connectivity index (χ1) is 13.0. The Hall–Kier alpha value is -1.92. The van der Waals surface area contributed by atoms with Gasteiger partial charge in [0.15, 0.2) is 5.96 Å². The third-order valence-electron chi connectivity index (χ3n) is 4.50. The summed E-state index contributed by atoms with van der Waals surface area (Å²) in [5.41, 5.74) is 3.68. The van der Waals surface area contributed by atoms with Crippen LogP contribution in [0.1, 0.15) is 47.5 Å². The fourth-order valence-corrected chi connectivity index (χ4v) is 3.75. The zero-order valence-corrected chi connectivity index (χ0v) is 18.1. The quantitative estimate of drug-likeness (QED) is 0.507. The Morgan fingerprint density at radius 1 is 1.04 bits per heavy atom. The molecule has 0 unspecified atom stereocenters. The van der Waals surface area contributed by atoms with Gasteiger partial charge in [-0.15, -0.1) is 11.3 Å². The fourth-order valence-electron chi connectivity index (χ4n) is 2.87. The number of guanidine groups is 1. The average Bonchev–Trinajstić information content (AvgIpc) is 3.00. The van der Waals surface area contributed by atoms with Crippen molar-refractivity contribution in [1.82, 2.24) is 20.5 Å². The number of rotatable bonds is 9. The Morgan fingerprint density at radius 2 is 1.70 bits per heavy atom. The average molecular weight is 388 g/mol. The molecule has 0 aliphatic carbocycles. The molecule has 0 atom stereocenters. The van der Waals surface area contributed by atoms with E-state index in [1.165, 1.54) is 16.0 Å². The van der Waals surface area contributed by atoms with E-state index < -0.39 is 0 Å². The molecule has 2 rings (SSSR count). The Labute approximate surface area is 167 Å². The molecule has 5 nitrogen and oxygen atoms in total. The maximum Gasteiger partial charge on any atom is 0.191 e. The van der Waals surface area contributed by atoms with Crippen LogP contribution in [0.5, 0.6) is 0 Å². The zero-order chi connectivity index (χ0) is 19.6. The predicted octanol–water partition coefficient (Wildman–Crippen LogP) is 3.86. The molecular formula is C21H33N5S. The number of thiazole rings is 1. The summed E-state index contributed by atoms with van der Waals surface area (Å²) in [4.78, 5) is 12.9. The number of aliphatic imine (C=N–C) groups is 1. The van der Waals surface area contributed by atoms with E-state index in [0.717, 1.165) is 49.4 Å². The molecule has 0 saturated heterocycles. The topological polar surface area (TPSA) is 52.6 Å². The van der Waals surface area contributed by atoms with Crippen molar-refractivity contribution in [2.24, 2.45) is 4.99 Å². The normalized spacial score (nSPS) is 11.9. The molecule has 0 bridgehead atoms. The van der Waals surface area contributed by atoms with Gasteiger partial charge in [0, 0.05) is 18.0 Å². The monoisotopic (exact) mass is 387 g/mol. The van der Waals surface area contributed by atoms with Crippen LogP contribution >= 0.6 is 11.3 Å². The second kappa shape index (κ2) is 11.0. The van der Waals surface area contributed by atoms with Crippen LogP contribution in [0.15, 0.2) is 29.3 Å². The lowest BCUT2D eigenvalue weighted by Crippen LogP contribution is -2.36. The number of hydrogen-bond acceptors (Lipinski definition) is 4. The van der Waals surface area contributed by atoms with Crippen LogP contribution in [0, 0.1) is 13.8 Å². The van der Waals surface area contributed by atoms with E-state index in [2.05, 4.69) is 72.5 Å². The van der Waals surface area contributed by atoms with Crippen molar-refractivity contribution in [2.75, 3.05) is 19.6 Å². The number of hydrogen-bond donors (Lipinski definition) is 2. The second-order valence-electron chi connectivity index (χ2n) is 6.57. The van der Waals surface area contributed by atoms with Gasteiger partial charge in [-0.1, -0.05) is 38.1 Å². The van der Waals surface area contributed by atoms with Crippen LogP contribution in [-0.2, 0) is 19.6 Å². The summed E-state index contributed by atoms with van der Waals surface area (Å²) < 4.78 is 0. The minimum absolute atomic E-state index is 0.668. The Kier molecular flexibility index (Phi) is 8.75. The Bertz CT molecular complexity index is 717. The summed E-state index contributed by atoms with van der Waals surface area (Å²) >= 11 is 1.74. The molecule has 0 aliphatic rings. The molecule has 1 heterocycles. The molecule has 0 saturated carbocycles. The minimum atomic E-state index is 0.668. The van der Waals surface area contributed by atoms with Crippen LogP contribution in [0.4, 0.5) is 0 Å². The van der Waals surface area contributed by atoms with Gasteiger partial charge in [0.05, 0.1) is 23.8 Å². The SMILES string of the molecule is CCNC(=NCc1ccc(CN(CC)CC)cc1)NCc1sc(C)nc1C. The highest BCUT2D eigenvalue weighted by Crippen LogP contribution is 2.16. The largest absolute Gasteiger partial charge is 0.357 e. The van der Waals surface area contributed by atoms with E-state index in [0.29, 0.717) is 6.54 Å². The number of nitrogens with zero attached hydrogens (tertiary/aromatic N) is 3. The van der Waals surface area contributed by atoms with Gasteiger partial charge in [-0.3, -0.25) is 4.90 Å². The number of benzene rings is 1. The molecule has 27 heavy (non-hydrogen) atoms. The van der Waals surface area contributed by atoms with Gasteiger partial charge in [-0.05, 0) is 45.0 Å². The molecule has 0 spiro atoms. The van der Waals surface area contributed by atoms with Crippen LogP contribution in [0.3, 0.4) is 0 Å². The van der Waals surface area contributed by atoms with Crippen LogP contribution in [0.25, 0.3) is 0 Å². The van der Waals surface area contributed by atoms with Crippen molar-refractivity contribution in [2.45, 2.75) is 54.3 Å². The summed E-state index contributed by atoms with van der Waals surface area (Å²) in [6.45, 7) is 16.0. The summed E-state index contributed by atoms with van der Waals surface area (Å²) in [5.74, 6) is 0.843. The summed E-state index contributed by atoms with van der Waals surface area (Å²) in [6.07, 6.45) is 0. The zero-order valence-electron chi connectivity index (χ0n) is 17.3. The number of aryl methyl sites for hydroxylation is 2. The molecule has 0 radical (unpaired) electrons. The summed E-state index contributed by atoms with van der Waals surface area (Å²) in [5, 5.41) is 7.84. The lowest BCUT2D eigenvalue weighted by molar-refractivity contribution is 0.296. The fraction of sp³-hybridized carbons (Fsp3) is 0.524. The van der Waals surface area contributed by atoms with E-state index in [9.17, 15) is 0 Å². The molecule has 1 aromatic heterocycles. The minimum Gasteiger partial charge on any atom is -0.357 e. The third-order valence-corrected chi connectivity index (χ3v) is 5.58. The Morgan fingerprint density at radius 3 is 2.26 bits per heavy atom. The standard InChI is InChI=1S/C21H33N5S/c1-6-22-21(24-14-20-16(4)25-17(5)27-20)23-13-18-9-11-19(12-10-18)15-26(7-2)8-3/h9-12H,6-8,13-15H2,1-5H3,(H2,22,23,24). The van der Waals surface area contributed by atoms with Crippen molar-refractivity contribution in [3.8, 4) is 0 Å². The first kappa shape index (κ1) is 21.4. The maximum atomic E-state index is 4.73. The van der Waals surface area contributed by atoms with Crippen molar-refractivity contribution in [3.63, 3.8) is 0 Å². The number of nitrogens with one attached hydrogen (secondary N) is 2. The first-order valence-corrected chi connectivity index (χ1v) is 10.6. The molecule has 6 heteroatoms. The maximum absolute atomic E-state index is 4.73. The predicted molar refractivity (Wildman–Crippen MR) is 116 cm³/mol. The molecule has 0 aliphatic heterocycles. The van der Waals surface area contributed by atoms with Gasteiger partial charge in [0.2, 0.25) is 0 Å². The van der Waals surface area contributed by atoms with E-state index in [4.69, 9.17) is 4.99 Å². The summed E-state index contributed by atoms with van der Waals surface area (Å²) in [6, 6.07) is 8.80. The Balaban J connectivity index is 1.94. The lowest BCUT2D eigenvalue weighted by atomic mass is 10.1. The van der Waals surface area contributed by atoms with Crippen molar-refractivity contribution < 1.29 is 0 Å². The van der Waals surface area contributed by atoms with Gasteiger partial charge in [-0.25, -0.2) is 9.98 Å². The lowest BCUT2D eigenvalue weighted by Gasteiger charge is -2.18. The molecule has 0 amide bonds. The van der Waals surface area contributed by atoms with Gasteiger partial charge in [0.1, 0.15) is 0 Å². The highest BCUT2D eigenvalue weighted by atomic mass is 32.1. The van der Waals surface area contributed by atoms with Crippen molar-refractivity contribution >= 4 is 17.3 Å². The molecular weight excluding hydrogens is 354 g/mol. The van der Waals surface area contributed by atoms with Crippen molar-refractivity contribution in [3.05, 3.63) is 51.0 Å². The second-order valence-corrected chi connectivity index (χ2v) is 7.86. The highest BCUT2D eigenvalue weighted by molar-refractivity contribution is 7.11. The van der Waals surface area contributed by atoms with Crippen molar-refractivity contribution in [1.29, 1.82) is 0 Å². The molecule has 1 aromatic carbocycles. The van der Waals surface area contributed by atoms with Gasteiger partial charge in [-0.2, -0.15) is 0 Å². The van der Waals surface area contributed by atoms with Crippen LogP contribution in [0.2, 0.25) is 0 Å². The molecule has 2 N–H and O–H groups in total. The van der Waals surface area contributed by atoms with Gasteiger partial charge >= 0.3 is 0 Å². The highest BCUT2D eigenvalue weighted by Gasteiger charge is 2.06. The number of aromatic nitrogens is 1. The molecule has 0 fully saturated rings. The van der Waals surface area contributed by atoms with Crippen LogP contribution < -0.4 is 10.6 Å². The molecule has 2 aromatic rings. The first-order valence-electron chi connectivity index (χ1n) is 9.80. The summed E-state index contributed by atoms with van der Waals surface area (Å²) in [7, 11) is 0. The van der Waals surface area contributed by atoms with E-state index >= 15 is 0 Å². The molecule has 148 valence electrons. The van der Waals surface area contributed by atoms with E-state index in [1.54, 1.807) is 11.3 Å². The van der Waals surface area contributed by atoms with Crippen LogP contribution in [-0.4, -0.2) is 35.5 Å². The smallest absolute Gasteiger partial charge is 0.191 e. The van der Waals surface area contributed by atoms with E-state index in [1.807, 2.05) is 6.92 Å². The van der Waals surface area contributed by atoms with E-state index in [-0.39, 0.29) is 0 Å². The third kappa shape index (κ3) is 6.96. The van der Waals surface area contributed by atoms with Gasteiger partial charge < -0.3 is 10.6 Å². The van der Waals surface area contributed by atoms with Gasteiger partial charge in [0.25, 0.3) is 0 Å².